The van der Waals surface area contributed by atoms with Gasteiger partial charge in [0, 0.05) is 17.3 Å². The largest absolute Gasteiger partial charge is 0.480 e. The average Bonchev–Trinajstić information content (AvgIpc) is 2.70. The van der Waals surface area contributed by atoms with Crippen molar-refractivity contribution >= 4 is 23.3 Å². The number of halogens is 1. The van der Waals surface area contributed by atoms with E-state index in [1.54, 1.807) is 0 Å². The molecular formula is C12H14ClNO2. The predicted octanol–water partition coefficient (Wildman–Crippen LogP) is 2.70. The Morgan fingerprint density at radius 2 is 2.31 bits per heavy atom. The first-order chi connectivity index (χ1) is 7.61. The molecule has 1 saturated heterocycles. The van der Waals surface area contributed by atoms with Crippen molar-refractivity contribution in [2.24, 2.45) is 0 Å². The van der Waals surface area contributed by atoms with Crippen molar-refractivity contribution in [1.82, 2.24) is 0 Å². The minimum Gasteiger partial charge on any atom is -0.480 e. The molecule has 0 saturated carbocycles. The number of anilines is 1. The number of benzene rings is 1. The molecule has 0 aromatic heterocycles. The highest BCUT2D eigenvalue weighted by molar-refractivity contribution is 6.31. The predicted molar refractivity (Wildman–Crippen MR) is 64.2 cm³/mol. The van der Waals surface area contributed by atoms with E-state index in [1.165, 1.54) is 0 Å². The highest BCUT2D eigenvalue weighted by Crippen LogP contribution is 2.31. The molecule has 0 aliphatic carbocycles. The average molecular weight is 240 g/mol. The monoisotopic (exact) mass is 239 g/mol. The van der Waals surface area contributed by atoms with Gasteiger partial charge in [-0.15, -0.1) is 0 Å². The summed E-state index contributed by atoms with van der Waals surface area (Å²) in [7, 11) is 0. The van der Waals surface area contributed by atoms with Crippen LogP contribution in [0.4, 0.5) is 5.69 Å². The van der Waals surface area contributed by atoms with Gasteiger partial charge in [0.25, 0.3) is 0 Å². The highest BCUT2D eigenvalue weighted by atomic mass is 35.5. The third-order valence-electron chi connectivity index (χ3n) is 3.09. The molecule has 3 nitrogen and oxygen atoms in total. The van der Waals surface area contributed by atoms with Gasteiger partial charge in [-0.2, -0.15) is 0 Å². The van der Waals surface area contributed by atoms with Crippen molar-refractivity contribution in [3.8, 4) is 0 Å². The van der Waals surface area contributed by atoms with Crippen LogP contribution in [0, 0.1) is 6.92 Å². The van der Waals surface area contributed by atoms with E-state index in [4.69, 9.17) is 16.7 Å². The van der Waals surface area contributed by atoms with Crippen LogP contribution in [0.25, 0.3) is 0 Å². The molecule has 0 radical (unpaired) electrons. The fourth-order valence-electron chi connectivity index (χ4n) is 2.22. The van der Waals surface area contributed by atoms with Crippen molar-refractivity contribution in [2.45, 2.75) is 25.8 Å². The maximum Gasteiger partial charge on any atom is 0.326 e. The van der Waals surface area contributed by atoms with E-state index in [2.05, 4.69) is 0 Å². The van der Waals surface area contributed by atoms with E-state index in [0.717, 1.165) is 24.2 Å². The normalized spacial score (nSPS) is 20.1. The Balaban J connectivity index is 2.36. The van der Waals surface area contributed by atoms with E-state index >= 15 is 0 Å². The summed E-state index contributed by atoms with van der Waals surface area (Å²) in [4.78, 5) is 13.0. The topological polar surface area (TPSA) is 40.5 Å². The zero-order valence-corrected chi connectivity index (χ0v) is 9.87. The summed E-state index contributed by atoms with van der Waals surface area (Å²) in [5.41, 5.74) is 1.90. The molecular weight excluding hydrogens is 226 g/mol. The van der Waals surface area contributed by atoms with Gasteiger partial charge in [-0.1, -0.05) is 17.7 Å². The standard InChI is InChI=1S/C12H14ClNO2/c1-8-9(13)4-2-5-10(8)14-7-3-6-11(14)12(15)16/h2,4-5,11H,3,6-7H2,1H3,(H,15,16). The third-order valence-corrected chi connectivity index (χ3v) is 3.50. The fourth-order valence-corrected chi connectivity index (χ4v) is 2.39. The quantitative estimate of drug-likeness (QED) is 0.863. The molecule has 1 aromatic carbocycles. The van der Waals surface area contributed by atoms with Crippen LogP contribution in [0.2, 0.25) is 5.02 Å². The lowest BCUT2D eigenvalue weighted by molar-refractivity contribution is -0.138. The molecule has 4 heteroatoms. The van der Waals surface area contributed by atoms with Crippen LogP contribution >= 0.6 is 11.6 Å². The van der Waals surface area contributed by atoms with Gasteiger partial charge in [-0.25, -0.2) is 4.79 Å². The molecule has 1 aromatic rings. The first kappa shape index (κ1) is 11.3. The van der Waals surface area contributed by atoms with Crippen molar-refractivity contribution in [3.05, 3.63) is 28.8 Å². The SMILES string of the molecule is Cc1c(Cl)cccc1N1CCCC1C(=O)O. The minimum atomic E-state index is -0.753. The summed E-state index contributed by atoms with van der Waals surface area (Å²) in [6.45, 7) is 2.72. The number of hydrogen-bond acceptors (Lipinski definition) is 2. The summed E-state index contributed by atoms with van der Waals surface area (Å²) in [5.74, 6) is -0.753. The molecule has 16 heavy (non-hydrogen) atoms. The van der Waals surface area contributed by atoms with Crippen LogP contribution < -0.4 is 4.90 Å². The summed E-state index contributed by atoms with van der Waals surface area (Å²) < 4.78 is 0. The Hall–Kier alpha value is -1.22. The maximum absolute atomic E-state index is 11.1. The maximum atomic E-state index is 11.1. The summed E-state index contributed by atoms with van der Waals surface area (Å²) >= 11 is 6.05. The Labute approximate surface area is 99.6 Å². The van der Waals surface area contributed by atoms with Crippen LogP contribution in [0.1, 0.15) is 18.4 Å². The first-order valence-corrected chi connectivity index (χ1v) is 5.73. The molecule has 1 heterocycles. The van der Waals surface area contributed by atoms with Crippen molar-refractivity contribution in [3.63, 3.8) is 0 Å². The minimum absolute atomic E-state index is 0.405. The van der Waals surface area contributed by atoms with Crippen LogP contribution in [-0.4, -0.2) is 23.7 Å². The molecule has 1 atom stereocenters. The van der Waals surface area contributed by atoms with Crippen LogP contribution in [0.15, 0.2) is 18.2 Å². The lowest BCUT2D eigenvalue weighted by Gasteiger charge is -2.25. The number of rotatable bonds is 2. The molecule has 2 rings (SSSR count). The molecule has 1 aliphatic rings. The summed E-state index contributed by atoms with van der Waals surface area (Å²) in [6.07, 6.45) is 1.63. The highest BCUT2D eigenvalue weighted by Gasteiger charge is 2.31. The second-order valence-electron chi connectivity index (χ2n) is 4.07. The number of carboxylic acids is 1. The van der Waals surface area contributed by atoms with Gasteiger partial charge >= 0.3 is 5.97 Å². The van der Waals surface area contributed by atoms with Crippen molar-refractivity contribution in [1.29, 1.82) is 0 Å². The second kappa shape index (κ2) is 4.34. The molecule has 1 unspecified atom stereocenters. The number of aliphatic carboxylic acids is 1. The van der Waals surface area contributed by atoms with E-state index in [9.17, 15) is 4.79 Å². The van der Waals surface area contributed by atoms with E-state index in [1.807, 2.05) is 30.0 Å². The number of hydrogen-bond donors (Lipinski definition) is 1. The zero-order valence-electron chi connectivity index (χ0n) is 9.11. The van der Waals surface area contributed by atoms with Gasteiger partial charge in [0.2, 0.25) is 0 Å². The smallest absolute Gasteiger partial charge is 0.326 e. The zero-order chi connectivity index (χ0) is 11.7. The number of carbonyl (C=O) groups is 1. The lowest BCUT2D eigenvalue weighted by Crippen LogP contribution is -2.36. The van der Waals surface area contributed by atoms with Gasteiger partial charge in [0.15, 0.2) is 0 Å². The van der Waals surface area contributed by atoms with Crippen LogP contribution in [0.5, 0.6) is 0 Å². The first-order valence-electron chi connectivity index (χ1n) is 5.36. The fraction of sp³-hybridized carbons (Fsp3) is 0.417. The van der Waals surface area contributed by atoms with Gasteiger partial charge in [0.05, 0.1) is 0 Å². The summed E-state index contributed by atoms with van der Waals surface area (Å²) in [6, 6.07) is 5.22. The van der Waals surface area contributed by atoms with E-state index in [0.29, 0.717) is 11.4 Å². The molecule has 0 bridgehead atoms. The van der Waals surface area contributed by atoms with E-state index in [-0.39, 0.29) is 0 Å². The molecule has 1 fully saturated rings. The Bertz CT molecular complexity index is 419. The Morgan fingerprint density at radius 3 is 3.00 bits per heavy atom. The molecule has 1 N–H and O–H groups in total. The molecule has 0 amide bonds. The van der Waals surface area contributed by atoms with Gasteiger partial charge in [0.1, 0.15) is 6.04 Å². The van der Waals surface area contributed by atoms with Gasteiger partial charge in [-0.05, 0) is 37.5 Å². The number of nitrogens with zero attached hydrogens (tertiary/aromatic N) is 1. The second-order valence-corrected chi connectivity index (χ2v) is 4.48. The van der Waals surface area contributed by atoms with Crippen LogP contribution in [-0.2, 0) is 4.79 Å². The Kier molecular flexibility index (Phi) is 3.06. The third kappa shape index (κ3) is 1.87. The lowest BCUT2D eigenvalue weighted by atomic mass is 10.1. The van der Waals surface area contributed by atoms with Crippen molar-refractivity contribution < 1.29 is 9.90 Å². The van der Waals surface area contributed by atoms with Gasteiger partial charge in [-0.3, -0.25) is 0 Å². The number of carboxylic acid groups (broad SMARTS) is 1. The van der Waals surface area contributed by atoms with Crippen LogP contribution in [0.3, 0.4) is 0 Å². The molecule has 1 aliphatic heterocycles. The Morgan fingerprint density at radius 1 is 1.56 bits per heavy atom. The van der Waals surface area contributed by atoms with Crippen molar-refractivity contribution in [2.75, 3.05) is 11.4 Å². The summed E-state index contributed by atoms with van der Waals surface area (Å²) in [5, 5.41) is 9.82. The van der Waals surface area contributed by atoms with E-state index < -0.39 is 12.0 Å². The molecule has 0 spiro atoms. The van der Waals surface area contributed by atoms with Gasteiger partial charge < -0.3 is 10.0 Å². The molecule has 86 valence electrons.